The van der Waals surface area contributed by atoms with Gasteiger partial charge >= 0.3 is 0 Å². The van der Waals surface area contributed by atoms with Gasteiger partial charge in [-0.05, 0) is 60.7 Å². The van der Waals surface area contributed by atoms with Gasteiger partial charge in [0, 0.05) is 31.2 Å². The van der Waals surface area contributed by atoms with Gasteiger partial charge in [0.15, 0.2) is 5.11 Å². The SMILES string of the molecule is Cc1ccc(NC(=S)NCCN2C(=O)S/C(=C\c3cccnc3)C2=O)cc1. The van der Waals surface area contributed by atoms with Crippen molar-refractivity contribution in [1.29, 1.82) is 0 Å². The number of nitrogens with one attached hydrogen (secondary N) is 2. The third-order valence-corrected chi connectivity index (χ3v) is 4.94. The molecule has 0 aliphatic carbocycles. The molecule has 2 N–H and O–H groups in total. The van der Waals surface area contributed by atoms with Gasteiger partial charge in [0.2, 0.25) is 0 Å². The van der Waals surface area contributed by atoms with E-state index in [9.17, 15) is 9.59 Å². The van der Waals surface area contributed by atoms with E-state index in [1.54, 1.807) is 24.5 Å². The van der Waals surface area contributed by atoms with Gasteiger partial charge in [0.1, 0.15) is 0 Å². The molecule has 0 spiro atoms. The number of anilines is 1. The number of pyridine rings is 1. The lowest BCUT2D eigenvalue weighted by atomic mass is 10.2. The number of aromatic nitrogens is 1. The molecule has 1 aliphatic rings. The smallest absolute Gasteiger partial charge is 0.293 e. The maximum Gasteiger partial charge on any atom is 0.293 e. The number of carbonyl (C=O) groups excluding carboxylic acids is 2. The highest BCUT2D eigenvalue weighted by molar-refractivity contribution is 8.18. The Morgan fingerprint density at radius 1 is 1.26 bits per heavy atom. The lowest BCUT2D eigenvalue weighted by Gasteiger charge is -2.15. The summed E-state index contributed by atoms with van der Waals surface area (Å²) in [6.07, 6.45) is 4.97. The monoisotopic (exact) mass is 398 g/mol. The molecule has 6 nitrogen and oxygen atoms in total. The second-order valence-corrected chi connectivity index (χ2v) is 7.27. The Balaban J connectivity index is 1.51. The minimum Gasteiger partial charge on any atom is -0.361 e. The normalized spacial score (nSPS) is 15.3. The molecule has 0 saturated carbocycles. The average Bonchev–Trinajstić information content (AvgIpc) is 2.92. The number of aryl methyl sites for hydroxylation is 1. The van der Waals surface area contributed by atoms with E-state index in [-0.39, 0.29) is 17.7 Å². The molecule has 3 rings (SSSR count). The molecular formula is C19H18N4O2S2. The first-order valence-corrected chi connectivity index (χ1v) is 9.52. The number of rotatable bonds is 5. The van der Waals surface area contributed by atoms with Crippen LogP contribution in [0.5, 0.6) is 0 Å². The van der Waals surface area contributed by atoms with Crippen molar-refractivity contribution in [2.45, 2.75) is 6.92 Å². The zero-order chi connectivity index (χ0) is 19.2. The van der Waals surface area contributed by atoms with Crippen LogP contribution in [0.1, 0.15) is 11.1 Å². The summed E-state index contributed by atoms with van der Waals surface area (Å²) in [5.74, 6) is -0.298. The molecule has 2 heterocycles. The third kappa shape index (κ3) is 5.15. The van der Waals surface area contributed by atoms with E-state index in [0.717, 1.165) is 28.6 Å². The van der Waals surface area contributed by atoms with Gasteiger partial charge in [0.05, 0.1) is 4.91 Å². The van der Waals surface area contributed by atoms with Gasteiger partial charge in [-0.15, -0.1) is 0 Å². The average molecular weight is 399 g/mol. The summed E-state index contributed by atoms with van der Waals surface area (Å²) in [6, 6.07) is 11.4. The maximum absolute atomic E-state index is 12.4. The first kappa shape index (κ1) is 19.1. The van der Waals surface area contributed by atoms with Gasteiger partial charge in [-0.25, -0.2) is 0 Å². The van der Waals surface area contributed by atoms with Crippen LogP contribution in [0.25, 0.3) is 6.08 Å². The lowest BCUT2D eigenvalue weighted by molar-refractivity contribution is -0.122. The van der Waals surface area contributed by atoms with Gasteiger partial charge in [-0.1, -0.05) is 23.8 Å². The highest BCUT2D eigenvalue weighted by Crippen LogP contribution is 2.31. The first-order chi connectivity index (χ1) is 13.0. The number of hydrogen-bond donors (Lipinski definition) is 2. The molecule has 0 bridgehead atoms. The van der Waals surface area contributed by atoms with Crippen LogP contribution in [0.2, 0.25) is 0 Å². The molecule has 8 heteroatoms. The number of imide groups is 1. The Kier molecular flexibility index (Phi) is 6.20. The Morgan fingerprint density at radius 2 is 2.04 bits per heavy atom. The predicted octanol–water partition coefficient (Wildman–Crippen LogP) is 3.41. The van der Waals surface area contributed by atoms with Crippen LogP contribution < -0.4 is 10.6 Å². The van der Waals surface area contributed by atoms with Crippen molar-refractivity contribution >= 4 is 52.0 Å². The van der Waals surface area contributed by atoms with E-state index < -0.39 is 0 Å². The largest absolute Gasteiger partial charge is 0.361 e. The number of thioether (sulfide) groups is 1. The third-order valence-electron chi connectivity index (χ3n) is 3.79. The molecule has 1 aliphatic heterocycles. The number of benzene rings is 1. The second-order valence-electron chi connectivity index (χ2n) is 5.87. The highest BCUT2D eigenvalue weighted by Gasteiger charge is 2.34. The van der Waals surface area contributed by atoms with Gasteiger partial charge < -0.3 is 10.6 Å². The Labute approximate surface area is 167 Å². The Morgan fingerprint density at radius 3 is 2.74 bits per heavy atom. The van der Waals surface area contributed by atoms with Crippen LogP contribution in [0.4, 0.5) is 10.5 Å². The zero-order valence-corrected chi connectivity index (χ0v) is 16.3. The van der Waals surface area contributed by atoms with Crippen molar-refractivity contribution in [2.75, 3.05) is 18.4 Å². The molecule has 1 aromatic heterocycles. The predicted molar refractivity (Wildman–Crippen MR) is 112 cm³/mol. The van der Waals surface area contributed by atoms with E-state index in [0.29, 0.717) is 16.6 Å². The topological polar surface area (TPSA) is 74.3 Å². The van der Waals surface area contributed by atoms with Crippen molar-refractivity contribution in [3.8, 4) is 0 Å². The summed E-state index contributed by atoms with van der Waals surface area (Å²) >= 11 is 6.18. The molecule has 27 heavy (non-hydrogen) atoms. The van der Waals surface area contributed by atoms with Crippen LogP contribution in [-0.4, -0.2) is 39.2 Å². The summed E-state index contributed by atoms with van der Waals surface area (Å²) in [7, 11) is 0. The molecule has 2 aromatic rings. The molecule has 138 valence electrons. The van der Waals surface area contributed by atoms with Crippen molar-refractivity contribution in [3.05, 3.63) is 64.8 Å². The molecule has 0 radical (unpaired) electrons. The summed E-state index contributed by atoms with van der Waals surface area (Å²) in [5.41, 5.74) is 2.83. The van der Waals surface area contributed by atoms with Gasteiger partial charge in [-0.3, -0.25) is 19.5 Å². The van der Waals surface area contributed by atoms with Crippen LogP contribution in [0.3, 0.4) is 0 Å². The number of amides is 2. The summed E-state index contributed by atoms with van der Waals surface area (Å²) < 4.78 is 0. The maximum atomic E-state index is 12.4. The molecule has 0 unspecified atom stereocenters. The fourth-order valence-corrected chi connectivity index (χ4v) is 3.48. The molecule has 0 atom stereocenters. The van der Waals surface area contributed by atoms with Crippen LogP contribution in [-0.2, 0) is 4.79 Å². The van der Waals surface area contributed by atoms with E-state index in [1.807, 2.05) is 37.3 Å². The fraction of sp³-hybridized carbons (Fsp3) is 0.158. The minimum atomic E-state index is -0.298. The fourth-order valence-electron chi connectivity index (χ4n) is 2.40. The molecule has 1 aromatic carbocycles. The molecule has 2 amide bonds. The van der Waals surface area contributed by atoms with E-state index in [4.69, 9.17) is 12.2 Å². The van der Waals surface area contributed by atoms with Crippen LogP contribution in [0.15, 0.2) is 53.7 Å². The standard InChI is InChI=1S/C19H18N4O2S2/c1-13-4-6-15(7-5-13)22-18(26)21-9-10-23-17(24)16(27-19(23)25)11-14-3-2-8-20-12-14/h2-8,11-12H,9-10H2,1H3,(H2,21,22,26)/b16-11-. The summed E-state index contributed by atoms with van der Waals surface area (Å²) in [6.45, 7) is 2.63. The number of nitrogens with zero attached hydrogens (tertiary/aromatic N) is 2. The molecule has 1 fully saturated rings. The lowest BCUT2D eigenvalue weighted by Crippen LogP contribution is -2.38. The van der Waals surface area contributed by atoms with Gasteiger partial charge in [0.25, 0.3) is 11.1 Å². The Hall–Kier alpha value is -2.71. The number of thiocarbonyl (C=S) groups is 1. The quantitative estimate of drug-likeness (QED) is 0.590. The number of hydrogen-bond acceptors (Lipinski definition) is 5. The van der Waals surface area contributed by atoms with Gasteiger partial charge in [-0.2, -0.15) is 0 Å². The Bertz CT molecular complexity index is 882. The van der Waals surface area contributed by atoms with Crippen molar-refractivity contribution in [1.82, 2.24) is 15.2 Å². The molecular weight excluding hydrogens is 380 g/mol. The summed E-state index contributed by atoms with van der Waals surface area (Å²) in [4.78, 5) is 30.2. The van der Waals surface area contributed by atoms with Crippen LogP contribution in [0, 0.1) is 6.92 Å². The van der Waals surface area contributed by atoms with E-state index in [2.05, 4.69) is 15.6 Å². The molecule has 1 saturated heterocycles. The van der Waals surface area contributed by atoms with Crippen molar-refractivity contribution in [3.63, 3.8) is 0 Å². The van der Waals surface area contributed by atoms with Crippen LogP contribution >= 0.6 is 24.0 Å². The van der Waals surface area contributed by atoms with Crippen molar-refractivity contribution in [2.24, 2.45) is 0 Å². The summed E-state index contributed by atoms with van der Waals surface area (Å²) in [5, 5.41) is 6.24. The van der Waals surface area contributed by atoms with E-state index >= 15 is 0 Å². The first-order valence-electron chi connectivity index (χ1n) is 8.30. The highest BCUT2D eigenvalue weighted by atomic mass is 32.2. The van der Waals surface area contributed by atoms with Crippen molar-refractivity contribution < 1.29 is 9.59 Å². The zero-order valence-electron chi connectivity index (χ0n) is 14.6. The minimum absolute atomic E-state index is 0.241. The second kappa shape index (κ2) is 8.79. The van der Waals surface area contributed by atoms with E-state index in [1.165, 1.54) is 4.90 Å². The number of carbonyl (C=O) groups is 2.